The molecule has 98 valence electrons. The number of unbranched alkanes of at least 4 members (excludes halogenated alkanes) is 2. The van der Waals surface area contributed by atoms with E-state index in [4.69, 9.17) is 9.47 Å². The van der Waals surface area contributed by atoms with Gasteiger partial charge in [0.05, 0.1) is 24.7 Å². The molecule has 2 aliphatic rings. The van der Waals surface area contributed by atoms with Crippen molar-refractivity contribution in [2.45, 2.75) is 70.5 Å². The molecule has 0 radical (unpaired) electrons. The first-order valence-corrected chi connectivity index (χ1v) is 7.06. The van der Waals surface area contributed by atoms with E-state index in [9.17, 15) is 4.79 Å². The zero-order valence-electron chi connectivity index (χ0n) is 11.0. The lowest BCUT2D eigenvalue weighted by atomic mass is 9.87. The number of epoxide rings is 1. The van der Waals surface area contributed by atoms with Gasteiger partial charge in [-0.3, -0.25) is 4.79 Å². The Balaban J connectivity index is 1.83. The van der Waals surface area contributed by atoms with E-state index in [1.54, 1.807) is 0 Å². The fourth-order valence-corrected chi connectivity index (χ4v) is 3.26. The van der Waals surface area contributed by atoms with E-state index in [1.165, 1.54) is 19.3 Å². The summed E-state index contributed by atoms with van der Waals surface area (Å²) >= 11 is 0. The second-order valence-electron chi connectivity index (χ2n) is 5.30. The molecule has 0 spiro atoms. The van der Waals surface area contributed by atoms with Gasteiger partial charge in [0.25, 0.3) is 0 Å². The highest BCUT2D eigenvalue weighted by Gasteiger charge is 2.64. The van der Waals surface area contributed by atoms with E-state index in [2.05, 4.69) is 6.92 Å². The van der Waals surface area contributed by atoms with Gasteiger partial charge in [0.15, 0.2) is 0 Å². The highest BCUT2D eigenvalue weighted by molar-refractivity contribution is 5.70. The van der Waals surface area contributed by atoms with Gasteiger partial charge in [0.1, 0.15) is 0 Å². The third kappa shape index (κ3) is 2.65. The van der Waals surface area contributed by atoms with E-state index in [-0.39, 0.29) is 11.6 Å². The number of esters is 1. The van der Waals surface area contributed by atoms with E-state index in [0.29, 0.717) is 25.0 Å². The number of fused-ring (bicyclic) bond motifs is 1. The molecule has 0 aromatic heterocycles. The number of carbonyl (C=O) groups excluding carboxylic acids is 1. The quantitative estimate of drug-likeness (QED) is 0.390. The number of hydrogen-bond donors (Lipinski definition) is 0. The Morgan fingerprint density at radius 3 is 2.82 bits per heavy atom. The summed E-state index contributed by atoms with van der Waals surface area (Å²) in [6.07, 6.45) is 8.14. The van der Waals surface area contributed by atoms with Crippen molar-refractivity contribution in [1.82, 2.24) is 0 Å². The average molecular weight is 240 g/mol. The average Bonchev–Trinajstić information content (AvgIpc) is 2.91. The molecule has 2 rings (SSSR count). The zero-order valence-corrected chi connectivity index (χ0v) is 11.0. The van der Waals surface area contributed by atoms with Crippen LogP contribution in [0.2, 0.25) is 0 Å². The summed E-state index contributed by atoms with van der Waals surface area (Å²) in [7, 11) is 0. The minimum Gasteiger partial charge on any atom is -0.466 e. The van der Waals surface area contributed by atoms with Crippen LogP contribution in [0.5, 0.6) is 0 Å². The lowest BCUT2D eigenvalue weighted by Crippen LogP contribution is -2.25. The summed E-state index contributed by atoms with van der Waals surface area (Å²) in [4.78, 5) is 11.6. The summed E-state index contributed by atoms with van der Waals surface area (Å²) in [5, 5.41) is 0. The van der Waals surface area contributed by atoms with Crippen LogP contribution in [-0.4, -0.2) is 24.3 Å². The number of hydrogen-bond acceptors (Lipinski definition) is 3. The Bertz CT molecular complexity index is 277. The first-order chi connectivity index (χ1) is 8.23. The Morgan fingerprint density at radius 2 is 2.18 bits per heavy atom. The molecule has 1 aliphatic heterocycles. The lowest BCUT2D eigenvalue weighted by Gasteiger charge is -2.19. The third-order valence-electron chi connectivity index (χ3n) is 4.21. The van der Waals surface area contributed by atoms with Crippen LogP contribution in [0.25, 0.3) is 0 Å². The molecule has 1 saturated carbocycles. The zero-order chi connectivity index (χ0) is 12.3. The molecule has 3 heteroatoms. The van der Waals surface area contributed by atoms with Gasteiger partial charge >= 0.3 is 5.97 Å². The maximum Gasteiger partial charge on any atom is 0.306 e. The summed E-state index contributed by atoms with van der Waals surface area (Å²) in [6.45, 7) is 4.56. The second kappa shape index (κ2) is 5.38. The smallest absolute Gasteiger partial charge is 0.306 e. The first kappa shape index (κ1) is 12.9. The minimum atomic E-state index is -0.0523. The van der Waals surface area contributed by atoms with Crippen molar-refractivity contribution in [3.8, 4) is 0 Å². The van der Waals surface area contributed by atoms with Gasteiger partial charge in [-0.05, 0) is 26.2 Å². The molecule has 0 unspecified atom stereocenters. The van der Waals surface area contributed by atoms with Gasteiger partial charge in [-0.25, -0.2) is 0 Å². The Morgan fingerprint density at radius 1 is 1.35 bits per heavy atom. The van der Waals surface area contributed by atoms with Crippen molar-refractivity contribution in [3.63, 3.8) is 0 Å². The van der Waals surface area contributed by atoms with Crippen LogP contribution in [-0.2, 0) is 14.3 Å². The Labute approximate surface area is 104 Å². The molecule has 0 N–H and O–H groups in total. The molecule has 0 bridgehead atoms. The molecule has 0 amide bonds. The van der Waals surface area contributed by atoms with Crippen molar-refractivity contribution < 1.29 is 14.3 Å². The lowest BCUT2D eigenvalue weighted by molar-refractivity contribution is -0.144. The summed E-state index contributed by atoms with van der Waals surface area (Å²) in [6, 6.07) is 0. The second-order valence-corrected chi connectivity index (χ2v) is 5.30. The van der Waals surface area contributed by atoms with E-state index in [1.807, 2.05) is 6.92 Å². The van der Waals surface area contributed by atoms with Crippen molar-refractivity contribution in [2.24, 2.45) is 5.92 Å². The maximum absolute atomic E-state index is 11.6. The van der Waals surface area contributed by atoms with Gasteiger partial charge in [-0.1, -0.05) is 26.2 Å². The maximum atomic E-state index is 11.6. The normalized spacial score (nSPS) is 34.5. The Kier molecular flexibility index (Phi) is 4.08. The van der Waals surface area contributed by atoms with Gasteiger partial charge in [-0.15, -0.1) is 0 Å². The highest BCUT2D eigenvalue weighted by atomic mass is 16.6. The molecule has 1 heterocycles. The van der Waals surface area contributed by atoms with Crippen LogP contribution >= 0.6 is 0 Å². The predicted molar refractivity (Wildman–Crippen MR) is 65.7 cm³/mol. The van der Waals surface area contributed by atoms with Crippen molar-refractivity contribution >= 4 is 5.97 Å². The Hall–Kier alpha value is -0.570. The van der Waals surface area contributed by atoms with E-state index < -0.39 is 0 Å². The first-order valence-electron chi connectivity index (χ1n) is 7.06. The van der Waals surface area contributed by atoms with E-state index in [0.717, 1.165) is 19.3 Å². The molecule has 1 aliphatic carbocycles. The van der Waals surface area contributed by atoms with Crippen LogP contribution in [0.15, 0.2) is 0 Å². The highest BCUT2D eigenvalue weighted by Crippen LogP contribution is 2.57. The van der Waals surface area contributed by atoms with E-state index >= 15 is 0 Å². The molecule has 2 fully saturated rings. The number of ether oxygens (including phenoxy) is 2. The van der Waals surface area contributed by atoms with Crippen molar-refractivity contribution in [3.05, 3.63) is 0 Å². The summed E-state index contributed by atoms with van der Waals surface area (Å²) in [5.74, 6) is 0.354. The van der Waals surface area contributed by atoms with Crippen LogP contribution in [0.4, 0.5) is 0 Å². The van der Waals surface area contributed by atoms with Gasteiger partial charge < -0.3 is 9.47 Å². The van der Waals surface area contributed by atoms with Crippen LogP contribution in [0.1, 0.15) is 58.8 Å². The number of carbonyl (C=O) groups is 1. The molecule has 3 atom stereocenters. The SMILES string of the molecule is CCCCC[C@@]12O[C@@H]1CC[C@@H]2CC(=O)OCC. The molecule has 0 aromatic carbocycles. The van der Waals surface area contributed by atoms with Crippen LogP contribution in [0.3, 0.4) is 0 Å². The fraction of sp³-hybridized carbons (Fsp3) is 0.929. The minimum absolute atomic E-state index is 0.0523. The summed E-state index contributed by atoms with van der Waals surface area (Å²) in [5.41, 5.74) is 0.0575. The van der Waals surface area contributed by atoms with Crippen LogP contribution < -0.4 is 0 Å². The summed E-state index contributed by atoms with van der Waals surface area (Å²) < 4.78 is 10.9. The molecule has 3 nitrogen and oxygen atoms in total. The topological polar surface area (TPSA) is 38.8 Å². The largest absolute Gasteiger partial charge is 0.466 e. The van der Waals surface area contributed by atoms with Crippen molar-refractivity contribution in [1.29, 1.82) is 0 Å². The molecule has 17 heavy (non-hydrogen) atoms. The fourth-order valence-electron chi connectivity index (χ4n) is 3.26. The molecular weight excluding hydrogens is 216 g/mol. The molecule has 1 saturated heterocycles. The van der Waals surface area contributed by atoms with Crippen molar-refractivity contribution in [2.75, 3.05) is 6.61 Å². The van der Waals surface area contributed by atoms with Crippen LogP contribution in [0, 0.1) is 5.92 Å². The monoisotopic (exact) mass is 240 g/mol. The molecular formula is C14H24O3. The van der Waals surface area contributed by atoms with Gasteiger partial charge in [-0.2, -0.15) is 0 Å². The third-order valence-corrected chi connectivity index (χ3v) is 4.21. The van der Waals surface area contributed by atoms with Gasteiger partial charge in [0, 0.05) is 5.92 Å². The molecule has 0 aromatic rings. The number of rotatable bonds is 7. The standard InChI is InChI=1S/C14H24O3/c1-3-5-6-9-14-11(7-8-12(14)17-14)10-13(15)16-4-2/h11-12H,3-10H2,1-2H3/t11-,12-,14+/m1/s1. The van der Waals surface area contributed by atoms with Gasteiger partial charge in [0.2, 0.25) is 0 Å². The predicted octanol–water partition coefficient (Wildman–Crippen LogP) is 3.07.